The van der Waals surface area contributed by atoms with Gasteiger partial charge >= 0.3 is 12.0 Å². The highest BCUT2D eigenvalue weighted by Crippen LogP contribution is 2.20. The first-order valence-electron chi connectivity index (χ1n) is 8.20. The molecule has 0 saturated carbocycles. The lowest BCUT2D eigenvalue weighted by molar-refractivity contribution is 0.0693. The summed E-state index contributed by atoms with van der Waals surface area (Å²) in [6, 6.07) is 4.58. The van der Waals surface area contributed by atoms with E-state index in [1.807, 2.05) is 0 Å². The van der Waals surface area contributed by atoms with Crippen molar-refractivity contribution in [3.8, 4) is 5.75 Å². The molecular weight excluding hydrogens is 308 g/mol. The van der Waals surface area contributed by atoms with E-state index < -0.39 is 5.97 Å². The van der Waals surface area contributed by atoms with Gasteiger partial charge in [-0.3, -0.25) is 0 Å². The van der Waals surface area contributed by atoms with Gasteiger partial charge in [0.05, 0.1) is 7.11 Å². The van der Waals surface area contributed by atoms with Crippen LogP contribution in [-0.4, -0.2) is 30.8 Å². The Hall–Kier alpha value is -2.50. The van der Waals surface area contributed by atoms with Gasteiger partial charge in [-0.15, -0.1) is 0 Å². The third-order valence-corrected chi connectivity index (χ3v) is 4.06. The molecule has 1 aliphatic rings. The van der Waals surface area contributed by atoms with Crippen LogP contribution in [0.15, 0.2) is 29.8 Å². The number of carbonyl (C=O) groups is 2. The molecule has 0 heterocycles. The van der Waals surface area contributed by atoms with Crippen molar-refractivity contribution < 1.29 is 19.4 Å². The number of aromatic carboxylic acids is 1. The lowest BCUT2D eigenvalue weighted by Gasteiger charge is -2.13. The fourth-order valence-corrected chi connectivity index (χ4v) is 2.75. The van der Waals surface area contributed by atoms with Gasteiger partial charge in [0.1, 0.15) is 11.3 Å². The Bertz CT molecular complexity index is 625. The summed E-state index contributed by atoms with van der Waals surface area (Å²) < 4.78 is 5.01. The van der Waals surface area contributed by atoms with E-state index in [1.165, 1.54) is 31.6 Å². The molecule has 1 aromatic rings. The maximum Gasteiger partial charge on any atom is 0.339 e. The summed E-state index contributed by atoms with van der Waals surface area (Å²) in [4.78, 5) is 23.0. The number of benzene rings is 1. The minimum Gasteiger partial charge on any atom is -0.496 e. The van der Waals surface area contributed by atoms with E-state index in [-0.39, 0.29) is 18.1 Å². The quantitative estimate of drug-likeness (QED) is 0.670. The molecule has 2 rings (SSSR count). The van der Waals surface area contributed by atoms with Crippen LogP contribution in [0.2, 0.25) is 0 Å². The number of urea groups is 1. The minimum absolute atomic E-state index is 0.0847. The van der Waals surface area contributed by atoms with Crippen molar-refractivity contribution in [1.82, 2.24) is 10.6 Å². The zero-order valence-electron chi connectivity index (χ0n) is 13.9. The molecule has 3 N–H and O–H groups in total. The fourth-order valence-electron chi connectivity index (χ4n) is 2.75. The lowest BCUT2D eigenvalue weighted by Crippen LogP contribution is -2.35. The van der Waals surface area contributed by atoms with Crippen LogP contribution in [0.4, 0.5) is 4.79 Å². The molecule has 0 aliphatic heterocycles. The predicted octanol–water partition coefficient (Wildman–Crippen LogP) is 3.08. The van der Waals surface area contributed by atoms with Crippen molar-refractivity contribution in [1.29, 1.82) is 0 Å². The van der Waals surface area contributed by atoms with Crippen LogP contribution in [0.5, 0.6) is 5.75 Å². The average molecular weight is 332 g/mol. The minimum atomic E-state index is -1.06. The van der Waals surface area contributed by atoms with Gasteiger partial charge in [0.25, 0.3) is 0 Å². The summed E-state index contributed by atoms with van der Waals surface area (Å²) in [5.41, 5.74) is 2.21. The number of carbonyl (C=O) groups excluding carboxylic acids is 1. The van der Waals surface area contributed by atoms with Gasteiger partial charge in [-0.1, -0.05) is 17.7 Å². The second-order valence-corrected chi connectivity index (χ2v) is 5.81. The molecular formula is C18H24N2O4. The maximum absolute atomic E-state index is 11.8. The number of ether oxygens (including phenoxy) is 1. The van der Waals surface area contributed by atoms with E-state index in [9.17, 15) is 9.59 Å². The topological polar surface area (TPSA) is 87.7 Å². The first-order chi connectivity index (χ1) is 11.6. The molecule has 0 atom stereocenters. The summed E-state index contributed by atoms with van der Waals surface area (Å²) in [7, 11) is 1.43. The standard InChI is InChI=1S/C18H24N2O4/c1-24-16-8-7-14(11-15(16)17(21)22)12-20-18(23)19-10-9-13-5-3-2-4-6-13/h5,7-8,11H,2-4,6,9-10,12H2,1H3,(H,21,22)(H2,19,20,23). The molecule has 6 nitrogen and oxygen atoms in total. The predicted molar refractivity (Wildman–Crippen MR) is 91.4 cm³/mol. The Labute approximate surface area is 141 Å². The van der Waals surface area contributed by atoms with Gasteiger partial charge in [0, 0.05) is 13.1 Å². The molecule has 0 fully saturated rings. The Balaban J connectivity index is 1.78. The van der Waals surface area contributed by atoms with Crippen LogP contribution in [0.3, 0.4) is 0 Å². The lowest BCUT2D eigenvalue weighted by atomic mass is 9.97. The van der Waals surface area contributed by atoms with E-state index in [2.05, 4.69) is 16.7 Å². The number of rotatable bonds is 7. The zero-order valence-corrected chi connectivity index (χ0v) is 13.9. The first kappa shape index (κ1) is 17.8. The van der Waals surface area contributed by atoms with Crippen LogP contribution < -0.4 is 15.4 Å². The molecule has 0 unspecified atom stereocenters. The molecule has 0 spiro atoms. The number of carboxylic acid groups (broad SMARTS) is 1. The van der Waals surface area contributed by atoms with E-state index in [4.69, 9.17) is 9.84 Å². The Morgan fingerprint density at radius 1 is 1.25 bits per heavy atom. The second-order valence-electron chi connectivity index (χ2n) is 5.81. The van der Waals surface area contributed by atoms with Gasteiger partial charge in [0.2, 0.25) is 0 Å². The van der Waals surface area contributed by atoms with Crippen molar-refractivity contribution in [2.45, 2.75) is 38.6 Å². The second kappa shape index (κ2) is 8.96. The van der Waals surface area contributed by atoms with Crippen LogP contribution in [0, 0.1) is 0 Å². The number of hydrogen-bond acceptors (Lipinski definition) is 3. The van der Waals surface area contributed by atoms with Crippen LogP contribution in [0.1, 0.15) is 48.0 Å². The van der Waals surface area contributed by atoms with Crippen molar-refractivity contribution in [3.05, 3.63) is 41.0 Å². The third-order valence-electron chi connectivity index (χ3n) is 4.06. The third kappa shape index (κ3) is 5.30. The van der Waals surface area contributed by atoms with Crippen molar-refractivity contribution in [2.24, 2.45) is 0 Å². The number of methoxy groups -OCH3 is 1. The van der Waals surface area contributed by atoms with Crippen LogP contribution >= 0.6 is 0 Å². The summed E-state index contributed by atoms with van der Waals surface area (Å²) in [5.74, 6) is -0.754. The van der Waals surface area contributed by atoms with E-state index in [0.29, 0.717) is 17.9 Å². The van der Waals surface area contributed by atoms with E-state index in [1.54, 1.807) is 12.1 Å². The normalized spacial score (nSPS) is 13.8. The van der Waals surface area contributed by atoms with Gasteiger partial charge in [-0.25, -0.2) is 9.59 Å². The van der Waals surface area contributed by atoms with Gasteiger partial charge in [-0.05, 0) is 49.8 Å². The summed E-state index contributed by atoms with van der Waals surface area (Å²) in [6.45, 7) is 0.874. The monoisotopic (exact) mass is 332 g/mol. The Morgan fingerprint density at radius 3 is 2.75 bits per heavy atom. The molecule has 0 aromatic heterocycles. The van der Waals surface area contributed by atoms with Gasteiger partial charge in [0.15, 0.2) is 0 Å². The largest absolute Gasteiger partial charge is 0.496 e. The van der Waals surface area contributed by atoms with Crippen LogP contribution in [0.25, 0.3) is 0 Å². The smallest absolute Gasteiger partial charge is 0.339 e. The molecule has 24 heavy (non-hydrogen) atoms. The molecule has 1 aliphatic carbocycles. The maximum atomic E-state index is 11.8. The number of carboxylic acids is 1. The fraction of sp³-hybridized carbons (Fsp3) is 0.444. The van der Waals surface area contributed by atoms with E-state index >= 15 is 0 Å². The highest BCUT2D eigenvalue weighted by molar-refractivity contribution is 5.91. The summed E-state index contributed by atoms with van der Waals surface area (Å²) in [5, 5.41) is 14.7. The molecule has 6 heteroatoms. The van der Waals surface area contributed by atoms with Crippen LogP contribution in [-0.2, 0) is 6.54 Å². The number of hydrogen-bond donors (Lipinski definition) is 3. The number of amides is 2. The first-order valence-corrected chi connectivity index (χ1v) is 8.20. The van der Waals surface area contributed by atoms with Crippen molar-refractivity contribution in [3.63, 3.8) is 0 Å². The van der Waals surface area contributed by atoms with Crippen molar-refractivity contribution in [2.75, 3.05) is 13.7 Å². The molecule has 2 amide bonds. The number of nitrogens with one attached hydrogen (secondary N) is 2. The summed E-state index contributed by atoms with van der Waals surface area (Å²) in [6.07, 6.45) is 7.93. The molecule has 130 valence electrons. The Kier molecular flexibility index (Phi) is 6.66. The van der Waals surface area contributed by atoms with Crippen molar-refractivity contribution >= 4 is 12.0 Å². The Morgan fingerprint density at radius 2 is 2.08 bits per heavy atom. The number of allylic oxidation sites excluding steroid dienone is 1. The molecule has 0 saturated heterocycles. The molecule has 0 bridgehead atoms. The zero-order chi connectivity index (χ0) is 17.4. The highest BCUT2D eigenvalue weighted by Gasteiger charge is 2.12. The summed E-state index contributed by atoms with van der Waals surface area (Å²) >= 11 is 0. The highest BCUT2D eigenvalue weighted by atomic mass is 16.5. The molecule has 0 radical (unpaired) electrons. The molecule has 1 aromatic carbocycles. The van der Waals surface area contributed by atoms with Gasteiger partial charge in [-0.2, -0.15) is 0 Å². The van der Waals surface area contributed by atoms with E-state index in [0.717, 1.165) is 19.3 Å². The SMILES string of the molecule is COc1ccc(CNC(=O)NCCC2=CCCCC2)cc1C(=O)O. The average Bonchev–Trinajstić information content (AvgIpc) is 2.60. The van der Waals surface area contributed by atoms with Gasteiger partial charge < -0.3 is 20.5 Å².